The quantitative estimate of drug-likeness (QED) is 0.168. The Kier molecular flexibility index (Phi) is 7.03. The van der Waals surface area contributed by atoms with Crippen LogP contribution >= 0.6 is 0 Å². The molecular formula is C50H35N. The van der Waals surface area contributed by atoms with Crippen molar-refractivity contribution in [1.82, 2.24) is 0 Å². The summed E-state index contributed by atoms with van der Waals surface area (Å²) in [5, 5.41) is 10.3. The van der Waals surface area contributed by atoms with E-state index in [1.165, 1.54) is 76.5 Å². The lowest BCUT2D eigenvalue weighted by atomic mass is 9.86. The molecule has 1 aliphatic carbocycles. The Bertz CT molecular complexity index is 2790. The van der Waals surface area contributed by atoms with E-state index in [1.54, 1.807) is 0 Å². The molecule has 0 aliphatic heterocycles. The number of hydrogen-bond donors (Lipinski definition) is 0. The van der Waals surface area contributed by atoms with E-state index >= 15 is 0 Å². The molecule has 0 heterocycles. The molecule has 0 atom stereocenters. The van der Waals surface area contributed by atoms with Crippen molar-refractivity contribution < 1.29 is 0 Å². The molecule has 0 radical (unpaired) electrons. The summed E-state index contributed by atoms with van der Waals surface area (Å²) in [6, 6.07) is 64.6. The van der Waals surface area contributed by atoms with Crippen molar-refractivity contribution in [3.8, 4) is 22.3 Å². The van der Waals surface area contributed by atoms with Gasteiger partial charge >= 0.3 is 0 Å². The molecule has 0 saturated carbocycles. The lowest BCUT2D eigenvalue weighted by molar-refractivity contribution is 0.998. The highest BCUT2D eigenvalue weighted by Gasteiger charge is 2.18. The molecular weight excluding hydrogens is 615 g/mol. The lowest BCUT2D eigenvalue weighted by Crippen LogP contribution is -2.10. The SMILES string of the molecule is C1=Cc2c(-c3ccc(N(c4ccc(-c5cc6ccccc6c6ccccc56)cc4)c4ccc5ccccc5c4)cc3)cc3ccccc3c2CC1. The van der Waals surface area contributed by atoms with Crippen LogP contribution in [0.25, 0.3) is 71.4 Å². The number of anilines is 3. The molecule has 1 heteroatoms. The number of hydrogen-bond acceptors (Lipinski definition) is 1. The zero-order chi connectivity index (χ0) is 33.7. The Morgan fingerprint density at radius 3 is 1.63 bits per heavy atom. The van der Waals surface area contributed by atoms with E-state index < -0.39 is 0 Å². The zero-order valence-corrected chi connectivity index (χ0v) is 28.3. The van der Waals surface area contributed by atoms with E-state index in [4.69, 9.17) is 0 Å². The molecule has 0 fully saturated rings. The van der Waals surface area contributed by atoms with E-state index in [0.717, 1.165) is 29.9 Å². The molecule has 9 aromatic carbocycles. The topological polar surface area (TPSA) is 3.24 Å². The smallest absolute Gasteiger partial charge is 0.0468 e. The van der Waals surface area contributed by atoms with Crippen LogP contribution in [0.15, 0.2) is 182 Å². The lowest BCUT2D eigenvalue weighted by Gasteiger charge is -2.26. The molecule has 240 valence electrons. The molecule has 0 aromatic heterocycles. The zero-order valence-electron chi connectivity index (χ0n) is 28.3. The van der Waals surface area contributed by atoms with Gasteiger partial charge in [-0.05, 0) is 138 Å². The molecule has 0 unspecified atom stereocenters. The Balaban J connectivity index is 1.09. The summed E-state index contributed by atoms with van der Waals surface area (Å²) in [4.78, 5) is 2.38. The summed E-state index contributed by atoms with van der Waals surface area (Å²) in [7, 11) is 0. The van der Waals surface area contributed by atoms with Crippen molar-refractivity contribution in [3.05, 3.63) is 193 Å². The number of fused-ring (bicyclic) bond motifs is 7. The van der Waals surface area contributed by atoms with E-state index in [1.807, 2.05) is 0 Å². The highest BCUT2D eigenvalue weighted by molar-refractivity contribution is 6.13. The Hall–Kier alpha value is -6.44. The van der Waals surface area contributed by atoms with Crippen LogP contribution in [-0.4, -0.2) is 0 Å². The molecule has 0 spiro atoms. The molecule has 1 nitrogen and oxygen atoms in total. The van der Waals surface area contributed by atoms with Crippen LogP contribution < -0.4 is 4.90 Å². The van der Waals surface area contributed by atoms with Gasteiger partial charge in [0.1, 0.15) is 0 Å². The van der Waals surface area contributed by atoms with Crippen LogP contribution in [0.3, 0.4) is 0 Å². The predicted molar refractivity (Wildman–Crippen MR) is 219 cm³/mol. The first-order valence-electron chi connectivity index (χ1n) is 17.9. The summed E-state index contributed by atoms with van der Waals surface area (Å²) >= 11 is 0. The summed E-state index contributed by atoms with van der Waals surface area (Å²) in [5.41, 5.74) is 11.2. The second-order valence-electron chi connectivity index (χ2n) is 13.6. The molecule has 10 rings (SSSR count). The third kappa shape index (κ3) is 5.09. The predicted octanol–water partition coefficient (Wildman–Crippen LogP) is 14.1. The van der Waals surface area contributed by atoms with Gasteiger partial charge in [0.15, 0.2) is 0 Å². The minimum absolute atomic E-state index is 1.08. The van der Waals surface area contributed by atoms with Crippen LogP contribution in [0.2, 0.25) is 0 Å². The van der Waals surface area contributed by atoms with E-state index in [9.17, 15) is 0 Å². The van der Waals surface area contributed by atoms with Gasteiger partial charge in [0.05, 0.1) is 0 Å². The average molecular weight is 650 g/mol. The van der Waals surface area contributed by atoms with Gasteiger partial charge in [-0.15, -0.1) is 0 Å². The van der Waals surface area contributed by atoms with Crippen molar-refractivity contribution >= 4 is 66.2 Å². The van der Waals surface area contributed by atoms with E-state index in [0.29, 0.717) is 0 Å². The van der Waals surface area contributed by atoms with Crippen molar-refractivity contribution in [2.45, 2.75) is 12.8 Å². The van der Waals surface area contributed by atoms with Crippen LogP contribution in [0.5, 0.6) is 0 Å². The summed E-state index contributed by atoms with van der Waals surface area (Å²) in [6.45, 7) is 0. The second-order valence-corrected chi connectivity index (χ2v) is 13.6. The van der Waals surface area contributed by atoms with Gasteiger partial charge in [-0.2, -0.15) is 0 Å². The normalized spacial score (nSPS) is 12.5. The van der Waals surface area contributed by atoms with Gasteiger partial charge in [0, 0.05) is 17.1 Å². The van der Waals surface area contributed by atoms with Crippen molar-refractivity contribution in [1.29, 1.82) is 0 Å². The van der Waals surface area contributed by atoms with E-state index in [-0.39, 0.29) is 0 Å². The number of allylic oxidation sites excluding steroid dienone is 1. The standard InChI is InChI=1S/C50H35N/c1-2-12-37-31-42(30-21-34(37)11-1)51(40-26-22-35(23-27-40)49-32-38-13-3-5-15-43(38)45-17-7-9-19-47(45)49)41-28-24-36(25-29-41)50-33-39-14-4-6-16-44(39)46-18-8-10-20-48(46)50/h1-7,9-17,19-33H,8,18H2. The third-order valence-electron chi connectivity index (χ3n) is 10.7. The molecule has 0 amide bonds. The third-order valence-corrected chi connectivity index (χ3v) is 10.7. The maximum atomic E-state index is 2.38. The minimum atomic E-state index is 1.08. The molecule has 51 heavy (non-hydrogen) atoms. The summed E-state index contributed by atoms with van der Waals surface area (Å²) in [6.07, 6.45) is 6.83. The van der Waals surface area contributed by atoms with Crippen molar-refractivity contribution in [3.63, 3.8) is 0 Å². The highest BCUT2D eigenvalue weighted by atomic mass is 15.1. The van der Waals surface area contributed by atoms with Gasteiger partial charge in [0.2, 0.25) is 0 Å². The fourth-order valence-electron chi connectivity index (χ4n) is 8.20. The molecule has 0 saturated heterocycles. The molecule has 0 N–H and O–H groups in total. The Labute approximate surface area is 298 Å². The number of nitrogens with zero attached hydrogens (tertiary/aromatic N) is 1. The summed E-state index contributed by atoms with van der Waals surface area (Å²) in [5.74, 6) is 0. The maximum Gasteiger partial charge on any atom is 0.0468 e. The van der Waals surface area contributed by atoms with Crippen LogP contribution in [-0.2, 0) is 6.42 Å². The number of rotatable bonds is 5. The molecule has 1 aliphatic rings. The Morgan fingerprint density at radius 1 is 0.373 bits per heavy atom. The first-order valence-corrected chi connectivity index (χ1v) is 17.9. The fraction of sp³-hybridized carbons (Fsp3) is 0.0400. The highest BCUT2D eigenvalue weighted by Crippen LogP contribution is 2.41. The van der Waals surface area contributed by atoms with Crippen LogP contribution in [0, 0.1) is 0 Å². The molecule has 0 bridgehead atoms. The first-order chi connectivity index (χ1) is 25.3. The summed E-state index contributed by atoms with van der Waals surface area (Å²) < 4.78 is 0. The van der Waals surface area contributed by atoms with Gasteiger partial charge < -0.3 is 4.90 Å². The fourth-order valence-corrected chi connectivity index (χ4v) is 8.20. The average Bonchev–Trinajstić information content (AvgIpc) is 3.21. The first kappa shape index (κ1) is 29.5. The maximum absolute atomic E-state index is 2.38. The van der Waals surface area contributed by atoms with E-state index in [2.05, 4.69) is 193 Å². The second kappa shape index (κ2) is 12.2. The minimum Gasteiger partial charge on any atom is -0.310 e. The van der Waals surface area contributed by atoms with Gasteiger partial charge in [-0.3, -0.25) is 0 Å². The monoisotopic (exact) mass is 649 g/mol. The number of aryl methyl sites for hydroxylation is 1. The van der Waals surface area contributed by atoms with Crippen LogP contribution in [0.4, 0.5) is 17.1 Å². The van der Waals surface area contributed by atoms with Crippen molar-refractivity contribution in [2.75, 3.05) is 4.90 Å². The molecule has 9 aromatic rings. The number of benzene rings is 9. The largest absolute Gasteiger partial charge is 0.310 e. The van der Waals surface area contributed by atoms with Gasteiger partial charge in [-0.1, -0.05) is 140 Å². The van der Waals surface area contributed by atoms with Gasteiger partial charge in [-0.25, -0.2) is 0 Å². The van der Waals surface area contributed by atoms with Crippen molar-refractivity contribution in [2.24, 2.45) is 0 Å². The van der Waals surface area contributed by atoms with Crippen LogP contribution in [0.1, 0.15) is 17.5 Å². The Morgan fingerprint density at radius 2 is 0.902 bits per heavy atom. The van der Waals surface area contributed by atoms with Gasteiger partial charge in [0.25, 0.3) is 0 Å².